The molecule has 1 aromatic rings. The number of alkyl carbamates (subject to hydrolysis) is 1. The van der Waals surface area contributed by atoms with Gasteiger partial charge in [0.2, 0.25) is 0 Å². The molecule has 1 aliphatic carbocycles. The Morgan fingerprint density at radius 1 is 1.24 bits per heavy atom. The molecule has 25 heavy (non-hydrogen) atoms. The zero-order valence-electron chi connectivity index (χ0n) is 15.0. The number of hydrogen-bond acceptors (Lipinski definition) is 3. The average Bonchev–Trinajstić information content (AvgIpc) is 3.42. The first-order valence-electron chi connectivity index (χ1n) is 8.72. The van der Waals surface area contributed by atoms with Crippen LogP contribution in [0.1, 0.15) is 32.3 Å². The largest absolute Gasteiger partial charge is 0.450 e. The Morgan fingerprint density at radius 3 is 2.56 bits per heavy atom. The summed E-state index contributed by atoms with van der Waals surface area (Å²) in [6.45, 7) is 6.29. The van der Waals surface area contributed by atoms with Gasteiger partial charge in [-0.25, -0.2) is 9.79 Å². The quantitative estimate of drug-likeness (QED) is 0.317. The minimum absolute atomic E-state index is 0. The van der Waals surface area contributed by atoms with Crippen molar-refractivity contribution < 1.29 is 9.53 Å². The fourth-order valence-electron chi connectivity index (χ4n) is 2.46. The molecule has 0 aromatic heterocycles. The van der Waals surface area contributed by atoms with Crippen LogP contribution in [-0.4, -0.2) is 37.8 Å². The van der Waals surface area contributed by atoms with E-state index in [9.17, 15) is 4.79 Å². The first-order chi connectivity index (χ1) is 11.7. The first-order valence-corrected chi connectivity index (χ1v) is 8.72. The summed E-state index contributed by atoms with van der Waals surface area (Å²) in [6.07, 6.45) is 1.95. The van der Waals surface area contributed by atoms with E-state index < -0.39 is 0 Å². The highest BCUT2D eigenvalue weighted by molar-refractivity contribution is 14.0. The molecule has 7 heteroatoms. The van der Waals surface area contributed by atoms with Gasteiger partial charge >= 0.3 is 6.09 Å². The predicted molar refractivity (Wildman–Crippen MR) is 111 cm³/mol. The molecule has 0 radical (unpaired) electrons. The highest BCUT2D eigenvalue weighted by Gasteiger charge is 2.32. The van der Waals surface area contributed by atoms with E-state index >= 15 is 0 Å². The molecular weight excluding hydrogens is 431 g/mol. The zero-order valence-corrected chi connectivity index (χ0v) is 17.3. The summed E-state index contributed by atoms with van der Waals surface area (Å²) >= 11 is 0. The van der Waals surface area contributed by atoms with E-state index in [4.69, 9.17) is 4.74 Å². The van der Waals surface area contributed by atoms with Crippen molar-refractivity contribution in [3.63, 3.8) is 0 Å². The number of hydrogen-bond donors (Lipinski definition) is 3. The smallest absolute Gasteiger partial charge is 0.407 e. The number of benzene rings is 1. The van der Waals surface area contributed by atoms with E-state index in [-0.39, 0.29) is 36.1 Å². The van der Waals surface area contributed by atoms with Crippen LogP contribution in [0.5, 0.6) is 0 Å². The van der Waals surface area contributed by atoms with E-state index in [1.54, 1.807) is 0 Å². The number of amides is 1. The molecule has 1 aliphatic rings. The zero-order chi connectivity index (χ0) is 17.2. The van der Waals surface area contributed by atoms with Crippen molar-refractivity contribution in [2.24, 2.45) is 10.9 Å². The van der Waals surface area contributed by atoms with Crippen LogP contribution in [0.15, 0.2) is 35.3 Å². The van der Waals surface area contributed by atoms with Crippen LogP contribution in [0.3, 0.4) is 0 Å². The summed E-state index contributed by atoms with van der Waals surface area (Å²) in [4.78, 5) is 16.3. The number of nitrogens with one attached hydrogen (secondary N) is 3. The summed E-state index contributed by atoms with van der Waals surface area (Å²) in [7, 11) is 0. The van der Waals surface area contributed by atoms with Gasteiger partial charge in [0.25, 0.3) is 0 Å². The van der Waals surface area contributed by atoms with Crippen molar-refractivity contribution in [3.05, 3.63) is 35.9 Å². The average molecular weight is 460 g/mol. The third kappa shape index (κ3) is 8.42. The van der Waals surface area contributed by atoms with Gasteiger partial charge in [0.05, 0.1) is 19.2 Å². The van der Waals surface area contributed by atoms with Gasteiger partial charge in [0, 0.05) is 13.1 Å². The molecule has 3 N–H and O–H groups in total. The number of ether oxygens (including phenoxy) is 1. The lowest BCUT2D eigenvalue weighted by molar-refractivity contribution is 0.146. The van der Waals surface area contributed by atoms with Crippen LogP contribution in [0.25, 0.3) is 0 Å². The highest BCUT2D eigenvalue weighted by Crippen LogP contribution is 2.32. The summed E-state index contributed by atoms with van der Waals surface area (Å²) in [6, 6.07) is 10.2. The standard InChI is InChI=1S/C18H28N4O2.HI/c1-3-19-17(20-12-14-8-6-5-7-9-14)21-13-16(15-10-11-15)22-18(23)24-4-2;/h5-9,15-16H,3-4,10-13H2,1-2H3,(H,22,23)(H2,19,20,21);1H. The number of rotatable bonds is 8. The van der Waals surface area contributed by atoms with E-state index in [0.29, 0.717) is 25.6 Å². The third-order valence-electron chi connectivity index (χ3n) is 3.87. The van der Waals surface area contributed by atoms with Crippen LogP contribution < -0.4 is 16.0 Å². The van der Waals surface area contributed by atoms with Crippen LogP contribution in [0, 0.1) is 5.92 Å². The Hall–Kier alpha value is -1.51. The predicted octanol–water partition coefficient (Wildman–Crippen LogP) is 2.88. The number of guanidine groups is 1. The van der Waals surface area contributed by atoms with E-state index in [2.05, 4.69) is 33.1 Å². The van der Waals surface area contributed by atoms with Gasteiger partial charge in [-0.3, -0.25) is 0 Å². The number of carbonyl (C=O) groups excluding carboxylic acids is 1. The molecular formula is C18H29IN4O2. The molecule has 6 nitrogen and oxygen atoms in total. The van der Waals surface area contributed by atoms with Crippen molar-refractivity contribution in [2.45, 2.75) is 39.3 Å². The summed E-state index contributed by atoms with van der Waals surface area (Å²) in [5.74, 6) is 1.29. The SMILES string of the molecule is CCNC(=NCc1ccccc1)NCC(NC(=O)OCC)C1CC1.I. The molecule has 1 amide bonds. The summed E-state index contributed by atoms with van der Waals surface area (Å²) < 4.78 is 4.99. The van der Waals surface area contributed by atoms with Crippen LogP contribution in [0.4, 0.5) is 4.79 Å². The van der Waals surface area contributed by atoms with Gasteiger partial charge < -0.3 is 20.7 Å². The summed E-state index contributed by atoms with van der Waals surface area (Å²) in [5, 5.41) is 9.51. The molecule has 0 spiro atoms. The second-order valence-corrected chi connectivity index (χ2v) is 5.87. The lowest BCUT2D eigenvalue weighted by Gasteiger charge is -2.20. The number of halogens is 1. The Balaban J connectivity index is 0.00000312. The minimum atomic E-state index is -0.345. The lowest BCUT2D eigenvalue weighted by atomic mass is 10.2. The fraction of sp³-hybridized carbons (Fsp3) is 0.556. The second kappa shape index (κ2) is 11.9. The summed E-state index contributed by atoms with van der Waals surface area (Å²) in [5.41, 5.74) is 1.16. The second-order valence-electron chi connectivity index (χ2n) is 5.87. The molecule has 0 bridgehead atoms. The molecule has 2 rings (SSSR count). The Kier molecular flexibility index (Phi) is 10.3. The van der Waals surface area contributed by atoms with E-state index in [1.807, 2.05) is 32.0 Å². The number of carbonyl (C=O) groups is 1. The lowest BCUT2D eigenvalue weighted by Crippen LogP contribution is -2.48. The van der Waals surface area contributed by atoms with Crippen LogP contribution >= 0.6 is 24.0 Å². The Bertz CT molecular complexity index is 535. The highest BCUT2D eigenvalue weighted by atomic mass is 127. The molecule has 1 atom stereocenters. The van der Waals surface area contributed by atoms with Gasteiger partial charge in [-0.2, -0.15) is 0 Å². The number of nitrogens with zero attached hydrogens (tertiary/aromatic N) is 1. The van der Waals surface area contributed by atoms with Gasteiger partial charge in [-0.15, -0.1) is 24.0 Å². The van der Waals surface area contributed by atoms with Crippen molar-refractivity contribution in [1.29, 1.82) is 0 Å². The van der Waals surface area contributed by atoms with Gasteiger partial charge in [-0.05, 0) is 38.2 Å². The molecule has 1 fully saturated rings. The molecule has 1 saturated carbocycles. The van der Waals surface area contributed by atoms with Gasteiger partial charge in [0.1, 0.15) is 0 Å². The van der Waals surface area contributed by atoms with Crippen molar-refractivity contribution in [2.75, 3.05) is 19.7 Å². The van der Waals surface area contributed by atoms with Crippen LogP contribution in [-0.2, 0) is 11.3 Å². The van der Waals surface area contributed by atoms with E-state index in [0.717, 1.165) is 30.9 Å². The van der Waals surface area contributed by atoms with Gasteiger partial charge in [-0.1, -0.05) is 30.3 Å². The molecule has 0 heterocycles. The molecule has 1 aromatic carbocycles. The van der Waals surface area contributed by atoms with Crippen molar-refractivity contribution >= 4 is 36.0 Å². The monoisotopic (exact) mass is 460 g/mol. The Labute approximate surface area is 167 Å². The first kappa shape index (κ1) is 21.5. The maximum absolute atomic E-state index is 11.7. The topological polar surface area (TPSA) is 74.8 Å². The van der Waals surface area contributed by atoms with Gasteiger partial charge in [0.15, 0.2) is 5.96 Å². The van der Waals surface area contributed by atoms with Crippen LogP contribution in [0.2, 0.25) is 0 Å². The fourth-order valence-corrected chi connectivity index (χ4v) is 2.46. The minimum Gasteiger partial charge on any atom is -0.450 e. The van der Waals surface area contributed by atoms with Crippen molar-refractivity contribution in [3.8, 4) is 0 Å². The number of aliphatic imine (C=N–C) groups is 1. The third-order valence-corrected chi connectivity index (χ3v) is 3.87. The maximum atomic E-state index is 11.7. The molecule has 1 unspecified atom stereocenters. The van der Waals surface area contributed by atoms with E-state index in [1.165, 1.54) is 0 Å². The Morgan fingerprint density at radius 2 is 1.96 bits per heavy atom. The maximum Gasteiger partial charge on any atom is 0.407 e. The normalized spacial score (nSPS) is 14.9. The molecule has 0 aliphatic heterocycles. The molecule has 0 saturated heterocycles. The molecule has 140 valence electrons. The van der Waals surface area contributed by atoms with Crippen molar-refractivity contribution in [1.82, 2.24) is 16.0 Å².